The molecule has 1 aromatic rings. The predicted molar refractivity (Wildman–Crippen MR) is 127 cm³/mol. The lowest BCUT2D eigenvalue weighted by Gasteiger charge is -2.36. The highest BCUT2D eigenvalue weighted by atomic mass is 16.9. The minimum absolute atomic E-state index is 0.0161. The molecule has 1 N–H and O–H groups in total. The molecule has 5 fully saturated rings. The third-order valence-corrected chi connectivity index (χ3v) is 7.88. The Balaban J connectivity index is 1.26. The summed E-state index contributed by atoms with van der Waals surface area (Å²) in [5.74, 6) is -0.986. The van der Waals surface area contributed by atoms with Gasteiger partial charge in [-0.2, -0.15) is 0 Å². The number of nitrogens with one attached hydrogen (secondary N) is 1. The minimum atomic E-state index is -0.878. The van der Waals surface area contributed by atoms with E-state index in [0.717, 1.165) is 51.4 Å². The number of rotatable bonds is 4. The van der Waals surface area contributed by atoms with Gasteiger partial charge in [-0.1, -0.05) is 25.0 Å². The Hall–Kier alpha value is -1.71. The van der Waals surface area contributed by atoms with Crippen molar-refractivity contribution < 1.29 is 33.2 Å². The maximum absolute atomic E-state index is 13.7. The van der Waals surface area contributed by atoms with E-state index in [9.17, 15) is 4.79 Å². The SMILES string of the molecule is CC(C)Oc1ccccc1NC(=O)[C@@H]1O[C@@H]2OC3(CCCCC3)O[C@@H]2[C@H]2OC3(CCCCC3)O[C@@H]21. The van der Waals surface area contributed by atoms with E-state index in [0.29, 0.717) is 11.4 Å². The van der Waals surface area contributed by atoms with Crippen LogP contribution in [0.5, 0.6) is 5.75 Å². The number of anilines is 1. The summed E-state index contributed by atoms with van der Waals surface area (Å²) in [5, 5.41) is 3.02. The average Bonchev–Trinajstić information content (AvgIpc) is 3.38. The fourth-order valence-electron chi connectivity index (χ4n) is 6.30. The third kappa shape index (κ3) is 4.48. The number of carbonyl (C=O) groups is 1. The molecule has 0 radical (unpaired) electrons. The Labute approximate surface area is 206 Å². The average molecular weight is 488 g/mol. The van der Waals surface area contributed by atoms with Crippen molar-refractivity contribution in [1.29, 1.82) is 0 Å². The van der Waals surface area contributed by atoms with Crippen LogP contribution in [0, 0.1) is 0 Å². The molecule has 35 heavy (non-hydrogen) atoms. The summed E-state index contributed by atoms with van der Waals surface area (Å²) in [6.07, 6.45) is 6.97. The maximum Gasteiger partial charge on any atom is 0.256 e. The van der Waals surface area contributed by atoms with Crippen molar-refractivity contribution in [2.75, 3.05) is 5.32 Å². The van der Waals surface area contributed by atoms with Crippen LogP contribution in [0.2, 0.25) is 0 Å². The first kappa shape index (κ1) is 23.7. The zero-order valence-electron chi connectivity index (χ0n) is 20.7. The van der Waals surface area contributed by atoms with E-state index in [1.165, 1.54) is 12.8 Å². The Kier molecular flexibility index (Phi) is 6.29. The molecule has 1 amide bonds. The third-order valence-electron chi connectivity index (χ3n) is 7.88. The molecule has 0 unspecified atom stereocenters. The van der Waals surface area contributed by atoms with Gasteiger partial charge < -0.3 is 33.7 Å². The van der Waals surface area contributed by atoms with Crippen molar-refractivity contribution >= 4 is 11.6 Å². The van der Waals surface area contributed by atoms with Crippen molar-refractivity contribution in [2.45, 2.75) is 126 Å². The summed E-state index contributed by atoms with van der Waals surface area (Å²) in [6, 6.07) is 7.44. The van der Waals surface area contributed by atoms with Crippen LogP contribution in [0.25, 0.3) is 0 Å². The van der Waals surface area contributed by atoms with Gasteiger partial charge in [0.2, 0.25) is 0 Å². The molecule has 8 nitrogen and oxygen atoms in total. The number of para-hydroxylation sites is 2. The van der Waals surface area contributed by atoms with Gasteiger partial charge in [0.25, 0.3) is 5.91 Å². The summed E-state index contributed by atoms with van der Waals surface area (Å²) in [7, 11) is 0. The summed E-state index contributed by atoms with van der Waals surface area (Å²) in [6.45, 7) is 3.92. The van der Waals surface area contributed by atoms with Crippen LogP contribution < -0.4 is 10.1 Å². The molecule has 1 aromatic carbocycles. The molecule has 5 atom stereocenters. The standard InChI is InChI=1S/C27H37NO7/c1-17(2)30-19-12-6-5-11-18(19)28-24(29)22-20-21(33-26(32-20)13-7-3-8-14-26)23-25(31-22)35-27(34-23)15-9-4-10-16-27/h5-6,11-12,17,20-23,25H,3-4,7-10,13-16H2,1-2H3,(H,28,29)/t20-,21-,22+,23+,25+/m0/s1. The Bertz CT molecular complexity index is 924. The molecule has 2 saturated carbocycles. The topological polar surface area (TPSA) is 84.5 Å². The molecule has 2 spiro atoms. The lowest BCUT2D eigenvalue weighted by Crippen LogP contribution is -2.58. The van der Waals surface area contributed by atoms with Gasteiger partial charge in [-0.3, -0.25) is 4.79 Å². The Morgan fingerprint density at radius 1 is 0.857 bits per heavy atom. The van der Waals surface area contributed by atoms with Crippen molar-refractivity contribution in [3.8, 4) is 5.75 Å². The molecule has 5 aliphatic rings. The van der Waals surface area contributed by atoms with Crippen LogP contribution in [0.3, 0.4) is 0 Å². The van der Waals surface area contributed by atoms with E-state index in [1.54, 1.807) is 0 Å². The van der Waals surface area contributed by atoms with Crippen LogP contribution in [0.1, 0.15) is 78.1 Å². The summed E-state index contributed by atoms with van der Waals surface area (Å²) >= 11 is 0. The molecule has 192 valence electrons. The monoisotopic (exact) mass is 487 g/mol. The normalized spacial score (nSPS) is 35.1. The van der Waals surface area contributed by atoms with Crippen LogP contribution >= 0.6 is 0 Å². The quantitative estimate of drug-likeness (QED) is 0.661. The number of hydrogen-bond acceptors (Lipinski definition) is 7. The van der Waals surface area contributed by atoms with E-state index in [2.05, 4.69) is 5.32 Å². The Morgan fingerprint density at radius 3 is 2.14 bits per heavy atom. The van der Waals surface area contributed by atoms with Gasteiger partial charge in [0.15, 0.2) is 24.0 Å². The van der Waals surface area contributed by atoms with Gasteiger partial charge in [0.05, 0.1) is 11.8 Å². The molecular formula is C27H37NO7. The second-order valence-corrected chi connectivity index (χ2v) is 10.9. The number of carbonyl (C=O) groups excluding carboxylic acids is 1. The van der Waals surface area contributed by atoms with E-state index in [4.69, 9.17) is 28.4 Å². The van der Waals surface area contributed by atoms with Gasteiger partial charge in [0, 0.05) is 25.7 Å². The highest BCUT2D eigenvalue weighted by Gasteiger charge is 2.65. The molecule has 6 rings (SSSR count). The van der Waals surface area contributed by atoms with Crippen molar-refractivity contribution in [3.05, 3.63) is 24.3 Å². The molecule has 3 aliphatic heterocycles. The second-order valence-electron chi connectivity index (χ2n) is 10.9. The number of fused-ring (bicyclic) bond motifs is 3. The maximum atomic E-state index is 13.7. The zero-order chi connectivity index (χ0) is 24.0. The lowest BCUT2D eigenvalue weighted by molar-refractivity contribution is -0.246. The number of amides is 1. The largest absolute Gasteiger partial charge is 0.489 e. The lowest BCUT2D eigenvalue weighted by atomic mass is 9.94. The first-order chi connectivity index (χ1) is 17.0. The van der Waals surface area contributed by atoms with Crippen LogP contribution in [0.15, 0.2) is 24.3 Å². The van der Waals surface area contributed by atoms with Crippen molar-refractivity contribution in [1.82, 2.24) is 0 Å². The van der Waals surface area contributed by atoms with Gasteiger partial charge in [0.1, 0.15) is 24.1 Å². The number of hydrogen-bond donors (Lipinski definition) is 1. The fraction of sp³-hybridized carbons (Fsp3) is 0.741. The molecule has 3 heterocycles. The molecule has 2 aliphatic carbocycles. The summed E-state index contributed by atoms with van der Waals surface area (Å²) in [5.41, 5.74) is 0.604. The van der Waals surface area contributed by atoms with Crippen LogP contribution in [-0.4, -0.2) is 54.3 Å². The van der Waals surface area contributed by atoms with Gasteiger partial charge in [-0.15, -0.1) is 0 Å². The van der Waals surface area contributed by atoms with Crippen LogP contribution in [0.4, 0.5) is 5.69 Å². The van der Waals surface area contributed by atoms with E-state index < -0.39 is 42.3 Å². The summed E-state index contributed by atoms with van der Waals surface area (Å²) in [4.78, 5) is 13.7. The first-order valence-electron chi connectivity index (χ1n) is 13.4. The van der Waals surface area contributed by atoms with Crippen molar-refractivity contribution in [3.63, 3.8) is 0 Å². The van der Waals surface area contributed by atoms with Gasteiger partial charge >= 0.3 is 0 Å². The molecule has 0 bridgehead atoms. The minimum Gasteiger partial charge on any atom is -0.489 e. The predicted octanol–water partition coefficient (Wildman–Crippen LogP) is 4.66. The van der Waals surface area contributed by atoms with Crippen LogP contribution in [-0.2, 0) is 28.5 Å². The molecule has 3 saturated heterocycles. The zero-order valence-corrected chi connectivity index (χ0v) is 20.7. The molecule has 0 aromatic heterocycles. The number of benzene rings is 1. The van der Waals surface area contributed by atoms with E-state index in [-0.39, 0.29) is 12.0 Å². The highest BCUT2D eigenvalue weighted by molar-refractivity contribution is 5.96. The highest BCUT2D eigenvalue weighted by Crippen LogP contribution is 2.51. The smallest absolute Gasteiger partial charge is 0.256 e. The van der Waals surface area contributed by atoms with Gasteiger partial charge in [-0.05, 0) is 51.7 Å². The Morgan fingerprint density at radius 2 is 1.46 bits per heavy atom. The fourth-order valence-corrected chi connectivity index (χ4v) is 6.30. The summed E-state index contributed by atoms with van der Waals surface area (Å²) < 4.78 is 38.4. The van der Waals surface area contributed by atoms with Crippen molar-refractivity contribution in [2.24, 2.45) is 0 Å². The van der Waals surface area contributed by atoms with E-state index in [1.807, 2.05) is 38.1 Å². The second kappa shape index (κ2) is 9.30. The molecular weight excluding hydrogens is 450 g/mol. The first-order valence-corrected chi connectivity index (χ1v) is 13.4. The number of ether oxygens (including phenoxy) is 6. The van der Waals surface area contributed by atoms with E-state index >= 15 is 0 Å². The van der Waals surface area contributed by atoms with Gasteiger partial charge in [-0.25, -0.2) is 0 Å². The molecule has 8 heteroatoms.